The number of amides is 1. The number of hydrogen-bond donors (Lipinski definition) is 1. The molecule has 3 heterocycles. The molecule has 1 aliphatic heterocycles. The summed E-state index contributed by atoms with van der Waals surface area (Å²) >= 11 is 0.721. The summed E-state index contributed by atoms with van der Waals surface area (Å²) in [5.41, 5.74) is 2.33. The zero-order chi connectivity index (χ0) is 30.8. The monoisotopic (exact) mass is 620 g/mol. The fourth-order valence-electron chi connectivity index (χ4n) is 5.38. The van der Waals surface area contributed by atoms with Gasteiger partial charge in [-0.2, -0.15) is 4.39 Å². The molecular weight excluding hydrogens is 590 g/mol. The van der Waals surface area contributed by atoms with E-state index in [4.69, 9.17) is 9.47 Å². The van der Waals surface area contributed by atoms with Crippen LogP contribution in [0.25, 0.3) is 22.4 Å². The summed E-state index contributed by atoms with van der Waals surface area (Å²) in [5, 5.41) is 9.11. The highest BCUT2D eigenvalue weighted by Gasteiger charge is 2.40. The number of anilines is 2. The Balaban J connectivity index is 1.39. The van der Waals surface area contributed by atoms with Crippen LogP contribution in [0.4, 0.5) is 19.7 Å². The highest BCUT2D eigenvalue weighted by atomic mass is 32.1. The molecule has 0 spiro atoms. The van der Waals surface area contributed by atoms with Gasteiger partial charge in [0.15, 0.2) is 16.7 Å². The van der Waals surface area contributed by atoms with E-state index in [0.717, 1.165) is 16.9 Å². The van der Waals surface area contributed by atoms with Crippen LogP contribution < -0.4 is 19.3 Å². The summed E-state index contributed by atoms with van der Waals surface area (Å²) in [6.45, 7) is 0.120. The van der Waals surface area contributed by atoms with Gasteiger partial charge in [0.25, 0.3) is 0 Å². The van der Waals surface area contributed by atoms with Crippen molar-refractivity contribution in [1.29, 1.82) is 0 Å². The van der Waals surface area contributed by atoms with Crippen LogP contribution in [0.15, 0.2) is 60.8 Å². The maximum Gasteiger partial charge on any atom is 0.304 e. The van der Waals surface area contributed by atoms with Crippen molar-refractivity contribution < 1.29 is 33.0 Å². The molecule has 44 heavy (non-hydrogen) atoms. The predicted molar refractivity (Wildman–Crippen MR) is 163 cm³/mol. The average Bonchev–Trinajstić information content (AvgIpc) is 3.77. The number of alkyl halides is 1. The number of hydrogen-bond acceptors (Lipinski definition) is 8. The number of aromatic nitrogens is 2. The van der Waals surface area contributed by atoms with Crippen LogP contribution in [0, 0.1) is 11.0 Å². The molecule has 1 saturated carbocycles. The summed E-state index contributed by atoms with van der Waals surface area (Å²) < 4.78 is 39.9. The van der Waals surface area contributed by atoms with E-state index in [1.165, 1.54) is 11.0 Å². The third-order valence-corrected chi connectivity index (χ3v) is 8.53. The minimum absolute atomic E-state index is 0.0311. The van der Waals surface area contributed by atoms with Crippen LogP contribution in [0.1, 0.15) is 24.8 Å². The van der Waals surface area contributed by atoms with Gasteiger partial charge in [0.2, 0.25) is 17.9 Å². The first kappa shape index (κ1) is 29.5. The van der Waals surface area contributed by atoms with Gasteiger partial charge in [-0.1, -0.05) is 41.7 Å². The van der Waals surface area contributed by atoms with Gasteiger partial charge in [0.05, 0.1) is 18.9 Å². The number of ether oxygens (including phenoxy) is 2. The van der Waals surface area contributed by atoms with Crippen molar-refractivity contribution in [1.82, 2.24) is 9.97 Å². The van der Waals surface area contributed by atoms with E-state index in [2.05, 4.69) is 9.97 Å². The Kier molecular flexibility index (Phi) is 8.42. The molecule has 1 aliphatic carbocycles. The Hall–Kier alpha value is -4.58. The van der Waals surface area contributed by atoms with Crippen molar-refractivity contribution in [2.45, 2.75) is 31.7 Å². The lowest BCUT2D eigenvalue weighted by molar-refractivity contribution is -0.140. The number of carbonyl (C=O) groups is 2. The average molecular weight is 621 g/mol. The third-order valence-electron chi connectivity index (χ3n) is 7.68. The minimum Gasteiger partial charge on any atom is -0.488 e. The Bertz CT molecular complexity index is 1680. The SMILES string of the molecule is CN1CCOc2cc(-c3ccc(OCF)cc3-c3nc(N(C(=O)[C@@H](CC(=O)O)Cc4ccccc4)C4CC4)sc3F)cnc21. The first-order valence-corrected chi connectivity index (χ1v) is 15.1. The van der Waals surface area contributed by atoms with Crippen molar-refractivity contribution in [3.63, 3.8) is 0 Å². The van der Waals surface area contributed by atoms with Crippen molar-refractivity contribution in [3.05, 3.63) is 71.5 Å². The molecule has 12 heteroatoms. The summed E-state index contributed by atoms with van der Waals surface area (Å²) in [5.74, 6) is -0.910. The highest BCUT2D eigenvalue weighted by molar-refractivity contribution is 7.14. The molecule has 2 aromatic heterocycles. The smallest absolute Gasteiger partial charge is 0.304 e. The van der Waals surface area contributed by atoms with Gasteiger partial charge in [0.1, 0.15) is 18.1 Å². The number of carboxylic acid groups (broad SMARTS) is 1. The first-order valence-electron chi connectivity index (χ1n) is 14.2. The fraction of sp³-hybridized carbons (Fsp3) is 0.312. The maximum atomic E-state index is 15.9. The standard InChI is InChI=1S/C32H30F2N4O5S/c1-37-11-12-42-26-14-21(17-35-30(26)37)24-10-9-23(43-18-33)16-25(24)28-29(34)44-32(36-28)38(22-7-8-22)31(41)20(15-27(39)40)13-19-5-3-2-4-6-19/h2-6,9-10,14,16-17,20,22H,7-8,11-13,15,18H2,1H3,(H,39,40)/t20-/m1/s1. The van der Waals surface area contributed by atoms with E-state index in [-0.39, 0.29) is 35.5 Å². The predicted octanol–water partition coefficient (Wildman–Crippen LogP) is 5.97. The largest absolute Gasteiger partial charge is 0.488 e. The van der Waals surface area contributed by atoms with Gasteiger partial charge < -0.3 is 19.5 Å². The quantitative estimate of drug-likeness (QED) is 0.219. The molecule has 228 valence electrons. The zero-order valence-electron chi connectivity index (χ0n) is 23.9. The number of thiazole rings is 1. The van der Waals surface area contributed by atoms with Crippen LogP contribution >= 0.6 is 11.3 Å². The van der Waals surface area contributed by atoms with Gasteiger partial charge in [-0.25, -0.2) is 14.4 Å². The van der Waals surface area contributed by atoms with E-state index >= 15 is 4.39 Å². The lowest BCUT2D eigenvalue weighted by Gasteiger charge is -2.26. The lowest BCUT2D eigenvalue weighted by Crippen LogP contribution is -2.39. The van der Waals surface area contributed by atoms with E-state index < -0.39 is 29.8 Å². The second-order valence-electron chi connectivity index (χ2n) is 10.8. The topological polar surface area (TPSA) is 105 Å². The Morgan fingerprint density at radius 3 is 2.70 bits per heavy atom. The second kappa shape index (κ2) is 12.6. The summed E-state index contributed by atoms with van der Waals surface area (Å²) in [6.07, 6.45) is 2.92. The molecule has 0 bridgehead atoms. The molecule has 2 aromatic carbocycles. The molecule has 6 rings (SSSR count). The molecule has 0 saturated heterocycles. The number of likely N-dealkylation sites (N-methyl/N-ethyl adjacent to an activating group) is 1. The van der Waals surface area contributed by atoms with Crippen LogP contribution in [0.2, 0.25) is 0 Å². The van der Waals surface area contributed by atoms with E-state index in [9.17, 15) is 19.1 Å². The van der Waals surface area contributed by atoms with Gasteiger partial charge in [-0.3, -0.25) is 14.5 Å². The van der Waals surface area contributed by atoms with Crippen molar-refractivity contribution >= 4 is 34.2 Å². The number of carbonyl (C=O) groups excluding carboxylic acids is 1. The normalized spacial score (nSPS) is 14.8. The Labute approximate surface area is 256 Å². The zero-order valence-corrected chi connectivity index (χ0v) is 24.7. The van der Waals surface area contributed by atoms with Crippen LogP contribution in [0.5, 0.6) is 11.5 Å². The number of benzene rings is 2. The number of nitrogens with zero attached hydrogens (tertiary/aromatic N) is 4. The van der Waals surface area contributed by atoms with Gasteiger partial charge in [-0.15, -0.1) is 0 Å². The van der Waals surface area contributed by atoms with Crippen molar-refractivity contribution in [3.8, 4) is 33.9 Å². The third kappa shape index (κ3) is 6.21. The number of carboxylic acids is 1. The molecule has 0 radical (unpaired) electrons. The van der Waals surface area contributed by atoms with E-state index in [1.54, 1.807) is 18.3 Å². The number of halogens is 2. The molecule has 9 nitrogen and oxygen atoms in total. The van der Waals surface area contributed by atoms with Crippen LogP contribution in [-0.2, 0) is 16.0 Å². The Morgan fingerprint density at radius 1 is 1.18 bits per heavy atom. The fourth-order valence-corrected chi connectivity index (χ4v) is 6.26. The highest BCUT2D eigenvalue weighted by Crippen LogP contribution is 2.43. The number of fused-ring (bicyclic) bond motifs is 1. The number of rotatable bonds is 11. The lowest BCUT2D eigenvalue weighted by atomic mass is 9.94. The van der Waals surface area contributed by atoms with Crippen molar-refractivity contribution in [2.75, 3.05) is 36.9 Å². The number of aliphatic carboxylic acids is 1. The molecule has 1 fully saturated rings. The second-order valence-corrected chi connectivity index (χ2v) is 11.7. The van der Waals surface area contributed by atoms with E-state index in [0.29, 0.717) is 54.3 Å². The maximum absolute atomic E-state index is 15.9. The van der Waals surface area contributed by atoms with Gasteiger partial charge >= 0.3 is 5.97 Å². The molecule has 1 N–H and O–H groups in total. The summed E-state index contributed by atoms with van der Waals surface area (Å²) in [4.78, 5) is 38.3. The Morgan fingerprint density at radius 2 is 1.98 bits per heavy atom. The summed E-state index contributed by atoms with van der Waals surface area (Å²) in [7, 11) is 1.92. The van der Waals surface area contributed by atoms with Crippen LogP contribution in [0.3, 0.4) is 0 Å². The molecule has 1 atom stereocenters. The summed E-state index contributed by atoms with van der Waals surface area (Å²) in [6, 6.07) is 15.6. The number of pyridine rings is 1. The minimum atomic E-state index is -1.09. The molecule has 2 aliphatic rings. The van der Waals surface area contributed by atoms with Crippen LogP contribution in [-0.4, -0.2) is 60.1 Å². The van der Waals surface area contributed by atoms with Crippen molar-refractivity contribution in [2.24, 2.45) is 5.92 Å². The first-order chi connectivity index (χ1) is 21.3. The molecule has 0 unspecified atom stereocenters. The van der Waals surface area contributed by atoms with E-state index in [1.807, 2.05) is 48.3 Å². The molecule has 1 amide bonds. The molecular formula is C32H30F2N4O5S. The van der Waals surface area contributed by atoms with Gasteiger partial charge in [-0.05, 0) is 54.7 Å². The molecule has 4 aromatic rings. The van der Waals surface area contributed by atoms with Gasteiger partial charge in [0, 0.05) is 30.4 Å².